The van der Waals surface area contributed by atoms with E-state index in [1.165, 1.54) is 24.4 Å². The summed E-state index contributed by atoms with van der Waals surface area (Å²) in [5.41, 5.74) is 0.841. The number of hydrogen-bond donors (Lipinski definition) is 1. The molecule has 0 saturated carbocycles. The lowest BCUT2D eigenvalue weighted by Gasteiger charge is -2.34. The summed E-state index contributed by atoms with van der Waals surface area (Å²) in [5.74, 6) is -0.860. The van der Waals surface area contributed by atoms with Crippen molar-refractivity contribution < 1.29 is 8.78 Å². The zero-order valence-electron chi connectivity index (χ0n) is 10.8. The molecule has 1 N–H and O–H groups in total. The van der Waals surface area contributed by atoms with Crippen molar-refractivity contribution in [1.82, 2.24) is 10.3 Å². The summed E-state index contributed by atoms with van der Waals surface area (Å²) in [4.78, 5) is 7.90. The normalized spacial score (nSPS) is 24.6. The van der Waals surface area contributed by atoms with E-state index in [4.69, 9.17) is 0 Å². The van der Waals surface area contributed by atoms with Gasteiger partial charge in [-0.1, -0.05) is 12.1 Å². The fourth-order valence-electron chi connectivity index (χ4n) is 2.66. The molecular weight excluding hydrogens is 260 g/mol. The van der Waals surface area contributed by atoms with Crippen LogP contribution in [0, 0.1) is 11.8 Å². The molecule has 2 aromatic rings. The largest absolute Gasteiger partial charge is 0.361 e. The van der Waals surface area contributed by atoms with E-state index in [0.29, 0.717) is 5.56 Å². The fraction of sp³-hybridized carbons (Fsp3) is 0.200. The first kappa shape index (κ1) is 12.7. The average Bonchev–Trinajstić information content (AvgIpc) is 2.82. The van der Waals surface area contributed by atoms with E-state index in [1.807, 2.05) is 6.92 Å². The first-order chi connectivity index (χ1) is 9.63. The highest BCUT2D eigenvalue weighted by Crippen LogP contribution is 2.36. The molecule has 1 aliphatic heterocycles. The first-order valence-corrected chi connectivity index (χ1v) is 6.30. The van der Waals surface area contributed by atoms with Crippen molar-refractivity contribution >= 4 is 6.34 Å². The number of aliphatic imine (C=N–C) groups is 1. The number of halogens is 2. The highest BCUT2D eigenvalue weighted by atomic mass is 19.1. The molecule has 3 rings (SSSR count). The minimum atomic E-state index is -0.697. The second-order valence-electron chi connectivity index (χ2n) is 4.78. The molecule has 2 atom stereocenters. The van der Waals surface area contributed by atoms with Crippen molar-refractivity contribution in [3.05, 3.63) is 65.5 Å². The third kappa shape index (κ3) is 1.86. The van der Waals surface area contributed by atoms with Gasteiger partial charge in [-0.3, -0.25) is 4.99 Å². The third-order valence-electron chi connectivity index (χ3n) is 3.70. The number of nitrogens with zero attached hydrogens (tertiary/aromatic N) is 2. The van der Waals surface area contributed by atoms with Crippen LogP contribution in [0.4, 0.5) is 8.78 Å². The summed E-state index contributed by atoms with van der Waals surface area (Å²) in [7, 11) is 0. The van der Waals surface area contributed by atoms with Crippen LogP contribution in [0.3, 0.4) is 0 Å². The van der Waals surface area contributed by atoms with Crippen molar-refractivity contribution in [3.8, 4) is 0 Å². The Hall–Kier alpha value is -2.30. The second kappa shape index (κ2) is 4.67. The summed E-state index contributed by atoms with van der Waals surface area (Å²) in [6.07, 6.45) is 3.02. The fourth-order valence-corrected chi connectivity index (χ4v) is 2.66. The van der Waals surface area contributed by atoms with E-state index in [-0.39, 0.29) is 11.9 Å². The molecule has 2 heterocycles. The summed E-state index contributed by atoms with van der Waals surface area (Å²) in [5, 5.41) is 3.19. The predicted octanol–water partition coefficient (Wildman–Crippen LogP) is 2.62. The third-order valence-corrected chi connectivity index (χ3v) is 3.70. The van der Waals surface area contributed by atoms with Crippen molar-refractivity contribution in [1.29, 1.82) is 0 Å². The standard InChI is InChI=1S/C15H13F2N3/c1-10-15(20-9-19-10,11-2-4-13(16)5-3-11)12-6-7-18-14(17)8-12/h2-10H,1H3,(H,19,20)/t10-,15-/m0/s1. The van der Waals surface area contributed by atoms with Crippen LogP contribution in [0.1, 0.15) is 18.1 Å². The van der Waals surface area contributed by atoms with Crippen LogP contribution in [0.25, 0.3) is 0 Å². The van der Waals surface area contributed by atoms with Crippen molar-refractivity contribution in [3.63, 3.8) is 0 Å². The van der Waals surface area contributed by atoms with Gasteiger partial charge in [0.25, 0.3) is 0 Å². The number of rotatable bonds is 2. The van der Waals surface area contributed by atoms with Crippen LogP contribution in [0.15, 0.2) is 47.6 Å². The SMILES string of the molecule is C[C@@H]1N=CN[C@@]1(c1ccc(F)cc1)c1ccnc(F)c1. The van der Waals surface area contributed by atoms with Crippen LogP contribution in [-0.2, 0) is 5.54 Å². The molecule has 102 valence electrons. The number of hydrogen-bond acceptors (Lipinski definition) is 3. The van der Waals surface area contributed by atoms with Gasteiger partial charge in [0.05, 0.1) is 12.4 Å². The number of aromatic nitrogens is 1. The maximum atomic E-state index is 13.5. The molecule has 1 aliphatic rings. The molecule has 1 aromatic carbocycles. The maximum absolute atomic E-state index is 13.5. The Morgan fingerprint density at radius 1 is 1.10 bits per heavy atom. The highest BCUT2D eigenvalue weighted by Gasteiger charge is 2.42. The van der Waals surface area contributed by atoms with Crippen molar-refractivity contribution in [2.24, 2.45) is 4.99 Å². The van der Waals surface area contributed by atoms with Crippen LogP contribution in [0.2, 0.25) is 0 Å². The van der Waals surface area contributed by atoms with Crippen LogP contribution in [-0.4, -0.2) is 17.4 Å². The topological polar surface area (TPSA) is 37.3 Å². The van der Waals surface area contributed by atoms with E-state index in [1.54, 1.807) is 24.5 Å². The van der Waals surface area contributed by atoms with Gasteiger partial charge in [0.1, 0.15) is 11.4 Å². The average molecular weight is 273 g/mol. The monoisotopic (exact) mass is 273 g/mol. The molecule has 0 radical (unpaired) electrons. The summed E-state index contributed by atoms with van der Waals surface area (Å²) < 4.78 is 26.6. The minimum Gasteiger partial charge on any atom is -0.361 e. The lowest BCUT2D eigenvalue weighted by Crippen LogP contribution is -2.45. The lowest BCUT2D eigenvalue weighted by molar-refractivity contribution is 0.430. The summed E-state index contributed by atoms with van der Waals surface area (Å²) in [6.45, 7) is 1.93. The quantitative estimate of drug-likeness (QED) is 0.854. The molecular formula is C15H13F2N3. The van der Waals surface area contributed by atoms with E-state index >= 15 is 0 Å². The molecule has 0 unspecified atom stereocenters. The Labute approximate surface area is 115 Å². The molecule has 0 amide bonds. The summed E-state index contributed by atoms with van der Waals surface area (Å²) in [6, 6.07) is 9.13. The molecule has 1 aromatic heterocycles. The number of nitrogens with one attached hydrogen (secondary N) is 1. The highest BCUT2D eigenvalue weighted by molar-refractivity contribution is 5.64. The molecule has 0 saturated heterocycles. The Kier molecular flexibility index (Phi) is 2.97. The lowest BCUT2D eigenvalue weighted by atomic mass is 9.79. The van der Waals surface area contributed by atoms with E-state index in [9.17, 15) is 8.78 Å². The molecule has 20 heavy (non-hydrogen) atoms. The maximum Gasteiger partial charge on any atom is 0.213 e. The van der Waals surface area contributed by atoms with Crippen LogP contribution < -0.4 is 5.32 Å². The number of pyridine rings is 1. The smallest absolute Gasteiger partial charge is 0.213 e. The van der Waals surface area contributed by atoms with E-state index in [2.05, 4.69) is 15.3 Å². The van der Waals surface area contributed by atoms with E-state index in [0.717, 1.165) is 5.56 Å². The Balaban J connectivity index is 2.17. The van der Waals surface area contributed by atoms with Gasteiger partial charge in [-0.25, -0.2) is 9.37 Å². The molecule has 0 bridgehead atoms. The Bertz CT molecular complexity index is 654. The van der Waals surface area contributed by atoms with Gasteiger partial charge in [-0.15, -0.1) is 0 Å². The minimum absolute atomic E-state index is 0.144. The van der Waals surface area contributed by atoms with Gasteiger partial charge >= 0.3 is 0 Å². The van der Waals surface area contributed by atoms with Crippen molar-refractivity contribution in [2.75, 3.05) is 0 Å². The number of benzene rings is 1. The first-order valence-electron chi connectivity index (χ1n) is 6.30. The van der Waals surface area contributed by atoms with Crippen molar-refractivity contribution in [2.45, 2.75) is 18.5 Å². The van der Waals surface area contributed by atoms with Gasteiger partial charge < -0.3 is 5.32 Å². The zero-order valence-corrected chi connectivity index (χ0v) is 10.8. The van der Waals surface area contributed by atoms with E-state index < -0.39 is 11.5 Å². The molecule has 0 spiro atoms. The molecule has 3 nitrogen and oxygen atoms in total. The second-order valence-corrected chi connectivity index (χ2v) is 4.78. The van der Waals surface area contributed by atoms with Crippen LogP contribution in [0.5, 0.6) is 0 Å². The Morgan fingerprint density at radius 2 is 1.85 bits per heavy atom. The molecule has 0 aliphatic carbocycles. The Morgan fingerprint density at radius 3 is 2.45 bits per heavy atom. The zero-order chi connectivity index (χ0) is 14.2. The van der Waals surface area contributed by atoms with Gasteiger partial charge in [-0.2, -0.15) is 4.39 Å². The van der Waals surface area contributed by atoms with Gasteiger partial charge in [0.15, 0.2) is 0 Å². The predicted molar refractivity (Wildman–Crippen MR) is 72.5 cm³/mol. The molecule has 5 heteroatoms. The van der Waals surface area contributed by atoms with Gasteiger partial charge in [-0.05, 0) is 42.3 Å². The van der Waals surface area contributed by atoms with Gasteiger partial charge in [0, 0.05) is 6.20 Å². The van der Waals surface area contributed by atoms with Gasteiger partial charge in [0.2, 0.25) is 5.95 Å². The van der Waals surface area contributed by atoms with Crippen LogP contribution >= 0.6 is 0 Å². The summed E-state index contributed by atoms with van der Waals surface area (Å²) >= 11 is 0. The molecule has 0 fully saturated rings.